The maximum atomic E-state index is 14.6. The fraction of sp³-hybridized carbons (Fsp3) is 0.174. The number of nitrogens with one attached hydrogen (secondary N) is 1. The molecule has 1 amide bonds. The van der Waals surface area contributed by atoms with Crippen molar-refractivity contribution in [3.8, 4) is 11.4 Å². The molecule has 1 N–H and O–H groups in total. The number of rotatable bonds is 6. The van der Waals surface area contributed by atoms with E-state index >= 15 is 0 Å². The third-order valence-corrected chi connectivity index (χ3v) is 4.95. The number of amides is 1. The average Bonchev–Trinajstić information content (AvgIpc) is 3.31. The van der Waals surface area contributed by atoms with Gasteiger partial charge in [-0.05, 0) is 57.2 Å². The lowest BCUT2D eigenvalue weighted by molar-refractivity contribution is 0.102. The lowest BCUT2D eigenvalue weighted by Gasteiger charge is -2.11. The van der Waals surface area contributed by atoms with Crippen LogP contribution in [0.5, 0.6) is 5.75 Å². The first-order chi connectivity index (χ1) is 14.9. The summed E-state index contributed by atoms with van der Waals surface area (Å²) >= 11 is 0. The molecule has 0 unspecified atom stereocenters. The summed E-state index contributed by atoms with van der Waals surface area (Å²) in [5.41, 5.74) is 2.75. The molecule has 0 aliphatic rings. The van der Waals surface area contributed by atoms with Crippen LogP contribution in [-0.2, 0) is 6.61 Å². The summed E-state index contributed by atoms with van der Waals surface area (Å²) in [7, 11) is 0. The number of halogens is 1. The molecular weight excluding hydrogens is 399 g/mol. The van der Waals surface area contributed by atoms with Crippen LogP contribution >= 0.6 is 0 Å². The van der Waals surface area contributed by atoms with Gasteiger partial charge in [-0.15, -0.1) is 0 Å². The number of anilines is 1. The molecule has 2 aromatic heterocycles. The summed E-state index contributed by atoms with van der Waals surface area (Å²) in [6.07, 6.45) is 3.28. The smallest absolute Gasteiger partial charge is 0.255 e. The number of hydrogen-bond donors (Lipinski definition) is 1. The van der Waals surface area contributed by atoms with Crippen LogP contribution < -0.4 is 10.1 Å². The molecule has 0 spiro atoms. The third-order valence-electron chi connectivity index (χ3n) is 4.95. The number of aryl methyl sites for hydroxylation is 3. The fourth-order valence-electron chi connectivity index (χ4n) is 3.21. The first-order valence-corrected chi connectivity index (χ1v) is 9.68. The molecule has 4 aromatic rings. The van der Waals surface area contributed by atoms with Gasteiger partial charge in [-0.25, -0.2) is 9.37 Å². The molecule has 0 fully saturated rings. The van der Waals surface area contributed by atoms with Crippen LogP contribution in [0.15, 0.2) is 59.4 Å². The number of hydrogen-bond acceptors (Lipinski definition) is 5. The topological polar surface area (TPSA) is 82.2 Å². The van der Waals surface area contributed by atoms with Gasteiger partial charge in [-0.1, -0.05) is 11.2 Å². The van der Waals surface area contributed by atoms with Crippen molar-refractivity contribution in [3.63, 3.8) is 0 Å². The Balaban J connectivity index is 1.46. The van der Waals surface area contributed by atoms with E-state index in [0.717, 1.165) is 11.3 Å². The van der Waals surface area contributed by atoms with Gasteiger partial charge in [0.15, 0.2) is 0 Å². The molecule has 0 radical (unpaired) electrons. The summed E-state index contributed by atoms with van der Waals surface area (Å²) in [5, 5.41) is 6.62. The van der Waals surface area contributed by atoms with Gasteiger partial charge in [0.2, 0.25) is 0 Å². The standard InChI is InChI=1S/C23H21FN4O3/c1-14-20(15(2)31-27-14)13-30-19-6-4-5-17(11-19)23(29)26-18-7-8-22(21(24)12-18)28-10-9-25-16(28)3/h4-12H,13H2,1-3H3,(H,26,29). The predicted octanol–water partition coefficient (Wildman–Crippen LogP) is 4.76. The van der Waals surface area contributed by atoms with E-state index in [0.29, 0.717) is 34.3 Å². The van der Waals surface area contributed by atoms with Gasteiger partial charge in [0, 0.05) is 23.6 Å². The van der Waals surface area contributed by atoms with Gasteiger partial charge in [0.05, 0.1) is 16.9 Å². The van der Waals surface area contributed by atoms with Crippen LogP contribution in [0.2, 0.25) is 0 Å². The molecule has 2 heterocycles. The average molecular weight is 420 g/mol. The molecule has 4 rings (SSSR count). The number of carbonyl (C=O) groups excluding carboxylic acids is 1. The van der Waals surface area contributed by atoms with Gasteiger partial charge in [0.25, 0.3) is 5.91 Å². The van der Waals surface area contributed by atoms with Crippen molar-refractivity contribution < 1.29 is 18.4 Å². The molecule has 31 heavy (non-hydrogen) atoms. The highest BCUT2D eigenvalue weighted by Gasteiger charge is 2.13. The van der Waals surface area contributed by atoms with E-state index in [9.17, 15) is 9.18 Å². The zero-order chi connectivity index (χ0) is 22.0. The highest BCUT2D eigenvalue weighted by Crippen LogP contribution is 2.22. The van der Waals surface area contributed by atoms with E-state index in [1.54, 1.807) is 60.3 Å². The van der Waals surface area contributed by atoms with E-state index in [2.05, 4.69) is 15.5 Å². The molecule has 0 saturated heterocycles. The van der Waals surface area contributed by atoms with Crippen molar-refractivity contribution in [1.29, 1.82) is 0 Å². The zero-order valence-corrected chi connectivity index (χ0v) is 17.3. The maximum Gasteiger partial charge on any atom is 0.255 e. The zero-order valence-electron chi connectivity index (χ0n) is 17.3. The van der Waals surface area contributed by atoms with Gasteiger partial charge >= 0.3 is 0 Å². The van der Waals surface area contributed by atoms with Crippen LogP contribution in [0.25, 0.3) is 5.69 Å². The fourth-order valence-corrected chi connectivity index (χ4v) is 3.21. The number of aromatic nitrogens is 3. The van der Waals surface area contributed by atoms with Crippen molar-refractivity contribution in [3.05, 3.63) is 89.1 Å². The minimum atomic E-state index is -0.463. The van der Waals surface area contributed by atoms with Crippen LogP contribution in [0.3, 0.4) is 0 Å². The molecule has 0 atom stereocenters. The largest absolute Gasteiger partial charge is 0.489 e. The lowest BCUT2D eigenvalue weighted by atomic mass is 10.2. The Kier molecular flexibility index (Phi) is 5.53. The normalized spacial score (nSPS) is 10.8. The Hall–Kier alpha value is -3.94. The number of nitrogens with zero attached hydrogens (tertiary/aromatic N) is 3. The van der Waals surface area contributed by atoms with Gasteiger partial charge in [-0.2, -0.15) is 0 Å². The maximum absolute atomic E-state index is 14.6. The summed E-state index contributed by atoms with van der Waals surface area (Å²) < 4.78 is 27.1. The van der Waals surface area contributed by atoms with E-state index in [4.69, 9.17) is 9.26 Å². The van der Waals surface area contributed by atoms with Gasteiger partial charge < -0.3 is 19.1 Å². The molecular formula is C23H21FN4O3. The molecule has 2 aromatic carbocycles. The van der Waals surface area contributed by atoms with Gasteiger partial charge in [-0.3, -0.25) is 4.79 Å². The van der Waals surface area contributed by atoms with Crippen molar-refractivity contribution >= 4 is 11.6 Å². The molecule has 8 heteroatoms. The summed E-state index contributed by atoms with van der Waals surface area (Å²) in [4.78, 5) is 16.8. The Labute approximate surface area is 178 Å². The SMILES string of the molecule is Cc1noc(C)c1COc1cccc(C(=O)Nc2ccc(-n3ccnc3C)c(F)c2)c1. The summed E-state index contributed by atoms with van der Waals surface area (Å²) in [5.74, 6) is 1.07. The van der Waals surface area contributed by atoms with Crippen molar-refractivity contribution in [1.82, 2.24) is 14.7 Å². The third kappa shape index (κ3) is 4.32. The Morgan fingerprint density at radius 3 is 2.71 bits per heavy atom. The predicted molar refractivity (Wildman–Crippen MR) is 113 cm³/mol. The number of benzene rings is 2. The second kappa shape index (κ2) is 8.43. The molecule has 0 aliphatic carbocycles. The number of imidazole rings is 1. The minimum absolute atomic E-state index is 0.284. The van der Waals surface area contributed by atoms with Crippen LogP contribution in [0.1, 0.15) is 33.2 Å². The van der Waals surface area contributed by atoms with Crippen molar-refractivity contribution in [2.45, 2.75) is 27.4 Å². The summed E-state index contributed by atoms with van der Waals surface area (Å²) in [6.45, 7) is 5.74. The van der Waals surface area contributed by atoms with Crippen LogP contribution in [0.4, 0.5) is 10.1 Å². The Morgan fingerprint density at radius 2 is 2.03 bits per heavy atom. The van der Waals surface area contributed by atoms with E-state index in [1.165, 1.54) is 6.07 Å². The first-order valence-electron chi connectivity index (χ1n) is 9.68. The molecule has 0 saturated carbocycles. The van der Waals surface area contributed by atoms with Crippen LogP contribution in [-0.4, -0.2) is 20.6 Å². The number of ether oxygens (including phenoxy) is 1. The van der Waals surface area contributed by atoms with Crippen molar-refractivity contribution in [2.75, 3.05) is 5.32 Å². The second-order valence-electron chi connectivity index (χ2n) is 7.08. The molecule has 158 valence electrons. The Morgan fingerprint density at radius 1 is 1.19 bits per heavy atom. The summed E-state index contributed by atoms with van der Waals surface area (Å²) in [6, 6.07) is 11.3. The lowest BCUT2D eigenvalue weighted by Crippen LogP contribution is -2.12. The first kappa shape index (κ1) is 20.3. The monoisotopic (exact) mass is 420 g/mol. The van der Waals surface area contributed by atoms with Gasteiger partial charge in [0.1, 0.15) is 29.8 Å². The molecule has 0 bridgehead atoms. The quantitative estimate of drug-likeness (QED) is 0.487. The highest BCUT2D eigenvalue weighted by atomic mass is 19.1. The van der Waals surface area contributed by atoms with Crippen LogP contribution in [0, 0.1) is 26.6 Å². The van der Waals surface area contributed by atoms with E-state index in [1.807, 2.05) is 13.8 Å². The highest BCUT2D eigenvalue weighted by molar-refractivity contribution is 6.04. The van der Waals surface area contributed by atoms with E-state index in [-0.39, 0.29) is 12.5 Å². The Bertz CT molecular complexity index is 1230. The second-order valence-corrected chi connectivity index (χ2v) is 7.08. The minimum Gasteiger partial charge on any atom is -0.489 e. The number of carbonyl (C=O) groups is 1. The van der Waals surface area contributed by atoms with Crippen molar-refractivity contribution in [2.24, 2.45) is 0 Å². The molecule has 7 nitrogen and oxygen atoms in total. The molecule has 0 aliphatic heterocycles. The van der Waals surface area contributed by atoms with E-state index < -0.39 is 5.82 Å².